The minimum Gasteiger partial charge on any atom is -0.320 e. The van der Waals surface area contributed by atoms with Gasteiger partial charge in [0.2, 0.25) is 0 Å². The number of para-hydroxylation sites is 1. The third-order valence-electron chi connectivity index (χ3n) is 2.99. The van der Waals surface area contributed by atoms with Crippen LogP contribution in [0.3, 0.4) is 0 Å². The molecule has 1 heterocycles. The van der Waals surface area contributed by atoms with Gasteiger partial charge in [0, 0.05) is 10.0 Å². The molecule has 0 spiro atoms. The first-order valence-electron chi connectivity index (χ1n) is 6.35. The van der Waals surface area contributed by atoms with Gasteiger partial charge in [0.05, 0.1) is 10.7 Å². The molecule has 0 unspecified atom stereocenters. The minimum absolute atomic E-state index is 0.226. The van der Waals surface area contributed by atoms with Crippen molar-refractivity contribution in [1.29, 1.82) is 0 Å². The number of anilines is 1. The van der Waals surface area contributed by atoms with E-state index in [9.17, 15) is 4.79 Å². The lowest BCUT2D eigenvalue weighted by atomic mass is 10.2. The number of hydrogen-bond donors (Lipinski definition) is 1. The molecular weight excluding hydrogens is 368 g/mol. The summed E-state index contributed by atoms with van der Waals surface area (Å²) >= 11 is 9.57. The van der Waals surface area contributed by atoms with Crippen molar-refractivity contribution in [3.63, 3.8) is 0 Å². The summed E-state index contributed by atoms with van der Waals surface area (Å²) < 4.78 is 2.43. The normalized spacial score (nSPS) is 10.5. The van der Waals surface area contributed by atoms with Crippen molar-refractivity contribution < 1.29 is 4.79 Å². The number of carbonyl (C=O) groups excluding carboxylic acids is 1. The highest BCUT2D eigenvalue weighted by Gasteiger charge is 2.13. The van der Waals surface area contributed by atoms with Crippen LogP contribution in [-0.2, 0) is 0 Å². The molecule has 0 aliphatic heterocycles. The second-order valence-corrected chi connectivity index (χ2v) is 5.76. The van der Waals surface area contributed by atoms with Crippen LogP contribution in [0.5, 0.6) is 0 Å². The van der Waals surface area contributed by atoms with Crippen LogP contribution < -0.4 is 5.32 Å². The van der Waals surface area contributed by atoms with E-state index in [1.54, 1.807) is 30.3 Å². The van der Waals surface area contributed by atoms with Crippen molar-refractivity contribution in [3.8, 4) is 5.69 Å². The largest absolute Gasteiger partial charge is 0.320 e. The summed E-state index contributed by atoms with van der Waals surface area (Å²) in [5, 5.41) is 7.38. The molecule has 0 bridgehead atoms. The Morgan fingerprint density at radius 3 is 2.64 bits per heavy atom. The van der Waals surface area contributed by atoms with Gasteiger partial charge in [0.15, 0.2) is 0 Å². The molecule has 3 aromatic rings. The highest BCUT2D eigenvalue weighted by atomic mass is 79.9. The van der Waals surface area contributed by atoms with Crippen LogP contribution in [0, 0.1) is 0 Å². The van der Waals surface area contributed by atoms with Gasteiger partial charge in [0.1, 0.15) is 18.3 Å². The SMILES string of the molecule is O=C(Nc1cccc(Cl)c1-n1cncn1)c1ccc(Br)cc1. The Morgan fingerprint density at radius 2 is 1.95 bits per heavy atom. The summed E-state index contributed by atoms with van der Waals surface area (Å²) in [4.78, 5) is 16.2. The molecule has 22 heavy (non-hydrogen) atoms. The fourth-order valence-corrected chi connectivity index (χ4v) is 2.49. The molecule has 1 N–H and O–H groups in total. The Hall–Kier alpha value is -2.18. The Morgan fingerprint density at radius 1 is 1.18 bits per heavy atom. The first-order valence-corrected chi connectivity index (χ1v) is 7.52. The van der Waals surface area contributed by atoms with Gasteiger partial charge >= 0.3 is 0 Å². The molecule has 3 rings (SSSR count). The molecule has 0 aliphatic rings. The van der Waals surface area contributed by atoms with Crippen LogP contribution in [0.25, 0.3) is 5.69 Å². The van der Waals surface area contributed by atoms with Crippen LogP contribution in [0.1, 0.15) is 10.4 Å². The summed E-state index contributed by atoms with van der Waals surface area (Å²) in [7, 11) is 0. The van der Waals surface area contributed by atoms with Crippen LogP contribution in [0.4, 0.5) is 5.69 Å². The van der Waals surface area contributed by atoms with Gasteiger partial charge in [-0.25, -0.2) is 9.67 Å². The molecule has 0 aliphatic carbocycles. The van der Waals surface area contributed by atoms with Gasteiger partial charge in [-0.3, -0.25) is 4.79 Å². The zero-order valence-electron chi connectivity index (χ0n) is 11.2. The van der Waals surface area contributed by atoms with Crippen molar-refractivity contribution in [1.82, 2.24) is 14.8 Å². The van der Waals surface area contributed by atoms with Gasteiger partial charge in [-0.15, -0.1) is 0 Å². The second-order valence-electron chi connectivity index (χ2n) is 4.44. The monoisotopic (exact) mass is 376 g/mol. The molecule has 1 amide bonds. The Kier molecular flexibility index (Phi) is 4.22. The molecule has 0 atom stereocenters. The highest BCUT2D eigenvalue weighted by Crippen LogP contribution is 2.28. The minimum atomic E-state index is -0.226. The number of nitrogens with one attached hydrogen (secondary N) is 1. The molecular formula is C15H10BrClN4O. The fourth-order valence-electron chi connectivity index (χ4n) is 1.97. The van der Waals surface area contributed by atoms with E-state index in [1.807, 2.05) is 12.1 Å². The predicted molar refractivity (Wildman–Crippen MR) is 88.5 cm³/mol. The molecule has 2 aromatic carbocycles. The molecule has 0 saturated heterocycles. The van der Waals surface area contributed by atoms with E-state index >= 15 is 0 Å². The lowest BCUT2D eigenvalue weighted by molar-refractivity contribution is 0.102. The fraction of sp³-hybridized carbons (Fsp3) is 0. The topological polar surface area (TPSA) is 59.8 Å². The van der Waals surface area contributed by atoms with Crippen LogP contribution >= 0.6 is 27.5 Å². The molecule has 0 saturated carbocycles. The predicted octanol–water partition coefficient (Wildman–Crippen LogP) is 3.94. The Bertz CT molecular complexity index is 803. The standard InChI is InChI=1S/C15H10BrClN4O/c16-11-6-4-10(5-7-11)15(22)20-13-3-1-2-12(17)14(13)21-9-18-8-19-21/h1-9H,(H,20,22). The summed E-state index contributed by atoms with van der Waals surface area (Å²) in [6.07, 6.45) is 2.93. The number of rotatable bonds is 3. The third-order valence-corrected chi connectivity index (χ3v) is 3.82. The maximum absolute atomic E-state index is 12.3. The lowest BCUT2D eigenvalue weighted by Crippen LogP contribution is -2.14. The average Bonchev–Trinajstić information content (AvgIpc) is 3.02. The number of benzene rings is 2. The smallest absolute Gasteiger partial charge is 0.255 e. The Labute approximate surface area is 140 Å². The number of hydrogen-bond acceptors (Lipinski definition) is 3. The van der Waals surface area contributed by atoms with Gasteiger partial charge in [-0.1, -0.05) is 33.6 Å². The average molecular weight is 378 g/mol. The molecule has 110 valence electrons. The van der Waals surface area contributed by atoms with E-state index in [0.717, 1.165) is 4.47 Å². The molecule has 7 heteroatoms. The van der Waals surface area contributed by atoms with E-state index < -0.39 is 0 Å². The van der Waals surface area contributed by atoms with Gasteiger partial charge < -0.3 is 5.32 Å². The van der Waals surface area contributed by atoms with Gasteiger partial charge in [0.25, 0.3) is 5.91 Å². The molecule has 5 nitrogen and oxygen atoms in total. The number of carbonyl (C=O) groups is 1. The van der Waals surface area contributed by atoms with Gasteiger partial charge in [-0.05, 0) is 36.4 Å². The number of amides is 1. The van der Waals surface area contributed by atoms with Crippen molar-refractivity contribution in [2.75, 3.05) is 5.32 Å². The summed E-state index contributed by atoms with van der Waals surface area (Å²) in [5.41, 5.74) is 1.69. The summed E-state index contributed by atoms with van der Waals surface area (Å²) in [5.74, 6) is -0.226. The van der Waals surface area contributed by atoms with Gasteiger partial charge in [-0.2, -0.15) is 5.10 Å². The maximum atomic E-state index is 12.3. The van der Waals surface area contributed by atoms with Crippen LogP contribution in [0.15, 0.2) is 59.6 Å². The highest BCUT2D eigenvalue weighted by molar-refractivity contribution is 9.10. The van der Waals surface area contributed by atoms with E-state index in [-0.39, 0.29) is 5.91 Å². The second kappa shape index (κ2) is 6.29. The van der Waals surface area contributed by atoms with Crippen molar-refractivity contribution in [3.05, 3.63) is 70.2 Å². The zero-order chi connectivity index (χ0) is 15.5. The van der Waals surface area contributed by atoms with Crippen LogP contribution in [0.2, 0.25) is 5.02 Å². The van der Waals surface area contributed by atoms with E-state index in [0.29, 0.717) is 22.0 Å². The Balaban J connectivity index is 1.94. The number of nitrogens with zero attached hydrogens (tertiary/aromatic N) is 3. The number of halogens is 2. The van der Waals surface area contributed by atoms with E-state index in [1.165, 1.54) is 17.3 Å². The third kappa shape index (κ3) is 3.03. The molecule has 0 fully saturated rings. The van der Waals surface area contributed by atoms with E-state index in [4.69, 9.17) is 11.6 Å². The van der Waals surface area contributed by atoms with Crippen LogP contribution in [-0.4, -0.2) is 20.7 Å². The van der Waals surface area contributed by atoms with Crippen molar-refractivity contribution in [2.24, 2.45) is 0 Å². The number of aromatic nitrogens is 3. The quantitative estimate of drug-likeness (QED) is 0.752. The first kappa shape index (κ1) is 14.7. The first-order chi connectivity index (χ1) is 10.6. The summed E-state index contributed by atoms with van der Waals surface area (Å²) in [6, 6.07) is 12.3. The van der Waals surface area contributed by atoms with Crippen molar-refractivity contribution >= 4 is 39.1 Å². The lowest BCUT2D eigenvalue weighted by Gasteiger charge is -2.12. The van der Waals surface area contributed by atoms with E-state index in [2.05, 4.69) is 31.3 Å². The molecule has 1 aromatic heterocycles. The molecule has 0 radical (unpaired) electrons. The zero-order valence-corrected chi connectivity index (χ0v) is 13.5. The maximum Gasteiger partial charge on any atom is 0.255 e. The van der Waals surface area contributed by atoms with Crippen molar-refractivity contribution in [2.45, 2.75) is 0 Å². The summed E-state index contributed by atoms with van der Waals surface area (Å²) in [6.45, 7) is 0.